The van der Waals surface area contributed by atoms with Crippen LogP contribution in [0, 0.1) is 0 Å². The molecule has 3 aromatic carbocycles. The average Bonchev–Trinajstić information content (AvgIpc) is 2.84. The van der Waals surface area contributed by atoms with E-state index >= 15 is 0 Å². The van der Waals surface area contributed by atoms with Gasteiger partial charge in [0.2, 0.25) is 11.2 Å². The Balaban J connectivity index is 1.47. The van der Waals surface area contributed by atoms with Crippen molar-refractivity contribution in [3.8, 4) is 17.2 Å². The number of benzene rings is 3. The van der Waals surface area contributed by atoms with Crippen molar-refractivity contribution in [1.29, 1.82) is 0 Å². The Labute approximate surface area is 197 Å². The zero-order valence-electron chi connectivity index (χ0n) is 18.5. The number of aryl methyl sites for hydroxylation is 1. The molecule has 0 aliphatic rings. The lowest BCUT2D eigenvalue weighted by Gasteiger charge is -2.14. The molecule has 0 unspecified atom stereocenters. The van der Waals surface area contributed by atoms with Crippen molar-refractivity contribution in [2.45, 2.75) is 19.5 Å². The number of fused-ring (bicyclic) bond motifs is 1. The number of carbonyl (C=O) groups is 1. The molecule has 6 nitrogen and oxygen atoms in total. The third-order valence-corrected chi connectivity index (χ3v) is 5.16. The van der Waals surface area contributed by atoms with Crippen LogP contribution in [0.4, 0.5) is 18.9 Å². The number of anilines is 1. The fourth-order valence-corrected chi connectivity index (χ4v) is 3.44. The highest BCUT2D eigenvalue weighted by molar-refractivity contribution is 5.92. The second-order valence-corrected chi connectivity index (χ2v) is 7.53. The maximum Gasteiger partial charge on any atom is 0.418 e. The zero-order chi connectivity index (χ0) is 25.0. The topological polar surface area (TPSA) is 77.8 Å². The third-order valence-electron chi connectivity index (χ3n) is 5.16. The second kappa shape index (κ2) is 9.92. The predicted molar refractivity (Wildman–Crippen MR) is 124 cm³/mol. The molecule has 0 atom stereocenters. The summed E-state index contributed by atoms with van der Waals surface area (Å²) >= 11 is 0. The maximum atomic E-state index is 13.1. The lowest BCUT2D eigenvalue weighted by molar-refractivity contribution is -0.137. The van der Waals surface area contributed by atoms with Gasteiger partial charge in [-0.2, -0.15) is 13.2 Å². The van der Waals surface area contributed by atoms with Crippen LogP contribution in [0.3, 0.4) is 0 Å². The summed E-state index contributed by atoms with van der Waals surface area (Å²) in [6, 6.07) is 16.3. The zero-order valence-corrected chi connectivity index (χ0v) is 18.5. The Bertz CT molecular complexity index is 1430. The van der Waals surface area contributed by atoms with Crippen LogP contribution in [0.2, 0.25) is 0 Å². The van der Waals surface area contributed by atoms with Gasteiger partial charge in [-0.3, -0.25) is 9.59 Å². The molecule has 4 rings (SSSR count). The van der Waals surface area contributed by atoms with Crippen LogP contribution < -0.4 is 20.2 Å². The molecule has 0 bridgehead atoms. The molecular formula is C26H20F3NO5. The van der Waals surface area contributed by atoms with Crippen LogP contribution in [0.25, 0.3) is 11.0 Å². The Hall–Kier alpha value is -4.27. The monoisotopic (exact) mass is 483 g/mol. The number of ether oxygens (including phenoxy) is 2. The van der Waals surface area contributed by atoms with E-state index in [0.717, 1.165) is 24.1 Å². The van der Waals surface area contributed by atoms with Crippen molar-refractivity contribution in [3.63, 3.8) is 0 Å². The van der Waals surface area contributed by atoms with Gasteiger partial charge in [0.1, 0.15) is 23.3 Å². The number of para-hydroxylation sites is 2. The van der Waals surface area contributed by atoms with E-state index in [4.69, 9.17) is 13.9 Å². The van der Waals surface area contributed by atoms with Crippen LogP contribution in [-0.2, 0) is 17.4 Å². The van der Waals surface area contributed by atoms with E-state index in [0.29, 0.717) is 5.75 Å². The van der Waals surface area contributed by atoms with Gasteiger partial charge in [-0.1, -0.05) is 37.3 Å². The van der Waals surface area contributed by atoms with Crippen molar-refractivity contribution < 1.29 is 31.9 Å². The lowest BCUT2D eigenvalue weighted by atomic mass is 10.1. The summed E-state index contributed by atoms with van der Waals surface area (Å²) in [4.78, 5) is 25.0. The van der Waals surface area contributed by atoms with Gasteiger partial charge in [0.15, 0.2) is 6.61 Å². The first-order chi connectivity index (χ1) is 16.8. The number of halogens is 3. The molecule has 0 radical (unpaired) electrons. The smallest absolute Gasteiger partial charge is 0.418 e. The summed E-state index contributed by atoms with van der Waals surface area (Å²) in [5.41, 5.74) is -0.570. The van der Waals surface area contributed by atoms with Crippen molar-refractivity contribution in [2.75, 3.05) is 11.9 Å². The molecule has 1 N–H and O–H groups in total. The largest absolute Gasteiger partial charge is 0.484 e. The van der Waals surface area contributed by atoms with E-state index in [2.05, 4.69) is 5.32 Å². The third kappa shape index (κ3) is 5.46. The van der Waals surface area contributed by atoms with Crippen molar-refractivity contribution >= 4 is 22.6 Å². The van der Waals surface area contributed by atoms with Crippen LogP contribution in [0.5, 0.6) is 17.2 Å². The van der Waals surface area contributed by atoms with Crippen LogP contribution in [-0.4, -0.2) is 12.5 Å². The molecule has 1 heterocycles. The molecule has 35 heavy (non-hydrogen) atoms. The fraction of sp³-hybridized carbons (Fsp3) is 0.154. The number of alkyl halides is 3. The summed E-state index contributed by atoms with van der Waals surface area (Å²) in [6.07, 6.45) is -2.69. The summed E-state index contributed by atoms with van der Waals surface area (Å²) in [5.74, 6) is 0.000907. The SMILES string of the molecule is CCc1ccccc1Oc1coc2cc(OCC(=O)Nc3ccccc3C(F)(F)F)ccc2c1=O. The molecule has 1 aromatic heterocycles. The van der Waals surface area contributed by atoms with Gasteiger partial charge in [-0.05, 0) is 42.3 Å². The van der Waals surface area contributed by atoms with E-state index in [1.165, 1.54) is 36.6 Å². The normalized spacial score (nSPS) is 11.3. The molecule has 0 fully saturated rings. The highest BCUT2D eigenvalue weighted by atomic mass is 19.4. The number of carbonyl (C=O) groups excluding carboxylic acids is 1. The molecule has 1 amide bonds. The molecule has 180 valence electrons. The van der Waals surface area contributed by atoms with Crippen LogP contribution >= 0.6 is 0 Å². The Morgan fingerprint density at radius 1 is 1.00 bits per heavy atom. The molecular weight excluding hydrogens is 463 g/mol. The number of hydrogen-bond acceptors (Lipinski definition) is 5. The number of nitrogens with one attached hydrogen (secondary N) is 1. The maximum absolute atomic E-state index is 13.1. The first kappa shape index (κ1) is 23.9. The van der Waals surface area contributed by atoms with E-state index < -0.39 is 24.3 Å². The predicted octanol–water partition coefficient (Wildman–Crippen LogP) is 6.18. The van der Waals surface area contributed by atoms with Crippen LogP contribution in [0.1, 0.15) is 18.1 Å². The van der Waals surface area contributed by atoms with Crippen molar-refractivity contribution in [1.82, 2.24) is 0 Å². The molecule has 0 spiro atoms. The van der Waals surface area contributed by atoms with Gasteiger partial charge in [-0.15, -0.1) is 0 Å². The van der Waals surface area contributed by atoms with Crippen molar-refractivity contribution in [2.24, 2.45) is 0 Å². The lowest BCUT2D eigenvalue weighted by Crippen LogP contribution is -2.22. The molecule has 9 heteroatoms. The van der Waals surface area contributed by atoms with E-state index in [9.17, 15) is 22.8 Å². The van der Waals surface area contributed by atoms with E-state index in [1.54, 1.807) is 12.1 Å². The minimum absolute atomic E-state index is 0.0229. The van der Waals surface area contributed by atoms with Gasteiger partial charge in [-0.25, -0.2) is 0 Å². The molecule has 0 saturated carbocycles. The molecule has 0 saturated heterocycles. The quantitative estimate of drug-likeness (QED) is 0.340. The summed E-state index contributed by atoms with van der Waals surface area (Å²) in [7, 11) is 0. The number of rotatable bonds is 7. The molecule has 0 aliphatic carbocycles. The van der Waals surface area contributed by atoms with Gasteiger partial charge in [0.05, 0.1) is 16.6 Å². The fourth-order valence-electron chi connectivity index (χ4n) is 3.44. The Kier molecular flexibility index (Phi) is 6.77. The van der Waals surface area contributed by atoms with Gasteiger partial charge >= 0.3 is 6.18 Å². The number of hydrogen-bond donors (Lipinski definition) is 1. The van der Waals surface area contributed by atoms with Gasteiger partial charge in [0.25, 0.3) is 5.91 Å². The molecule has 4 aromatic rings. The Morgan fingerprint density at radius 3 is 2.51 bits per heavy atom. The minimum Gasteiger partial charge on any atom is -0.484 e. The Morgan fingerprint density at radius 2 is 1.74 bits per heavy atom. The van der Waals surface area contributed by atoms with Crippen LogP contribution in [0.15, 0.2) is 82.2 Å². The summed E-state index contributed by atoms with van der Waals surface area (Å²) < 4.78 is 56.0. The summed E-state index contributed by atoms with van der Waals surface area (Å²) in [5, 5.41) is 2.44. The number of amides is 1. The van der Waals surface area contributed by atoms with E-state index in [1.807, 2.05) is 19.1 Å². The van der Waals surface area contributed by atoms with Gasteiger partial charge in [0, 0.05) is 6.07 Å². The highest BCUT2D eigenvalue weighted by Crippen LogP contribution is 2.34. The second-order valence-electron chi connectivity index (χ2n) is 7.53. The highest BCUT2D eigenvalue weighted by Gasteiger charge is 2.33. The standard InChI is InChI=1S/C26H20F3NO5/c1-2-16-7-3-6-10-21(16)35-23-14-34-22-13-17(11-12-18(22)25(23)32)33-15-24(31)30-20-9-5-4-8-19(20)26(27,28)29/h3-14H,2,15H2,1H3,(H,30,31). The van der Waals surface area contributed by atoms with Gasteiger partial charge < -0.3 is 19.2 Å². The minimum atomic E-state index is -4.61. The summed E-state index contributed by atoms with van der Waals surface area (Å²) in [6.45, 7) is 1.43. The first-order valence-corrected chi connectivity index (χ1v) is 10.7. The first-order valence-electron chi connectivity index (χ1n) is 10.7. The molecule has 0 aliphatic heterocycles. The average molecular weight is 483 g/mol. The van der Waals surface area contributed by atoms with Crippen molar-refractivity contribution in [3.05, 3.63) is 94.3 Å². The van der Waals surface area contributed by atoms with E-state index in [-0.39, 0.29) is 33.6 Å².